The van der Waals surface area contributed by atoms with E-state index in [1.165, 1.54) is 5.56 Å². The predicted molar refractivity (Wildman–Crippen MR) is 116 cm³/mol. The molecular weight excluding hydrogens is 360 g/mol. The molecule has 29 heavy (non-hydrogen) atoms. The second-order valence-corrected chi connectivity index (χ2v) is 7.32. The molecule has 0 aliphatic carbocycles. The van der Waals surface area contributed by atoms with Crippen LogP contribution >= 0.6 is 0 Å². The second-order valence-electron chi connectivity index (χ2n) is 7.32. The number of pyridine rings is 1. The maximum absolute atomic E-state index is 12.3. The molecule has 0 radical (unpaired) electrons. The number of piperazine rings is 1. The van der Waals surface area contributed by atoms with Crippen LogP contribution in [-0.2, 0) is 13.1 Å². The summed E-state index contributed by atoms with van der Waals surface area (Å²) in [7, 11) is 0. The summed E-state index contributed by atoms with van der Waals surface area (Å²) >= 11 is 0. The normalized spacial score (nSPS) is 14.6. The van der Waals surface area contributed by atoms with Crippen molar-refractivity contribution in [1.82, 2.24) is 15.2 Å². The summed E-state index contributed by atoms with van der Waals surface area (Å²) in [6.45, 7) is 5.48. The van der Waals surface area contributed by atoms with Crippen LogP contribution < -0.4 is 10.2 Å². The lowest BCUT2D eigenvalue weighted by atomic mass is 10.2. The van der Waals surface area contributed by atoms with Crippen molar-refractivity contribution in [3.63, 3.8) is 0 Å². The number of hydrogen-bond acceptors (Lipinski definition) is 4. The average Bonchev–Trinajstić information content (AvgIpc) is 2.79. The first-order valence-corrected chi connectivity index (χ1v) is 10.1. The van der Waals surface area contributed by atoms with Gasteiger partial charge in [-0.1, -0.05) is 60.7 Å². The third kappa shape index (κ3) is 5.21. The standard InChI is InChI=1S/C24H26N4O/c29-24(26-17-20-7-3-1-4-8-20)23-12-11-22(18-25-23)28-15-13-27(14-16-28)19-21-9-5-2-6-10-21/h1-12,18H,13-17,19H2,(H,26,29). The zero-order chi connectivity index (χ0) is 19.9. The van der Waals surface area contributed by atoms with E-state index in [4.69, 9.17) is 0 Å². The van der Waals surface area contributed by atoms with Gasteiger partial charge >= 0.3 is 0 Å². The summed E-state index contributed by atoms with van der Waals surface area (Å²) < 4.78 is 0. The van der Waals surface area contributed by atoms with Crippen LogP contribution in [0.5, 0.6) is 0 Å². The van der Waals surface area contributed by atoms with Crippen molar-refractivity contribution in [2.45, 2.75) is 13.1 Å². The number of aromatic nitrogens is 1. The zero-order valence-electron chi connectivity index (χ0n) is 16.5. The highest BCUT2D eigenvalue weighted by Gasteiger charge is 2.18. The predicted octanol–water partition coefficient (Wildman–Crippen LogP) is 3.33. The molecule has 0 spiro atoms. The number of nitrogens with zero attached hydrogens (tertiary/aromatic N) is 3. The zero-order valence-corrected chi connectivity index (χ0v) is 16.5. The van der Waals surface area contributed by atoms with E-state index >= 15 is 0 Å². The van der Waals surface area contributed by atoms with E-state index in [-0.39, 0.29) is 5.91 Å². The number of hydrogen-bond donors (Lipinski definition) is 1. The second kappa shape index (κ2) is 9.34. The molecule has 2 heterocycles. The molecule has 3 aromatic rings. The number of carbonyl (C=O) groups is 1. The molecule has 2 aromatic carbocycles. The monoisotopic (exact) mass is 386 g/mol. The van der Waals surface area contributed by atoms with Crippen LogP contribution in [0.3, 0.4) is 0 Å². The number of rotatable bonds is 6. The molecule has 5 heteroatoms. The fraction of sp³-hybridized carbons (Fsp3) is 0.250. The van der Waals surface area contributed by atoms with Crippen LogP contribution in [0.1, 0.15) is 21.6 Å². The van der Waals surface area contributed by atoms with Gasteiger partial charge < -0.3 is 10.2 Å². The summed E-state index contributed by atoms with van der Waals surface area (Å²) in [6.07, 6.45) is 1.81. The summed E-state index contributed by atoms with van der Waals surface area (Å²) in [5, 5.41) is 2.92. The fourth-order valence-corrected chi connectivity index (χ4v) is 3.58. The Morgan fingerprint density at radius 3 is 2.10 bits per heavy atom. The van der Waals surface area contributed by atoms with E-state index in [1.54, 1.807) is 0 Å². The number of nitrogens with one attached hydrogen (secondary N) is 1. The molecule has 0 bridgehead atoms. The maximum Gasteiger partial charge on any atom is 0.270 e. The Hall–Kier alpha value is -3.18. The molecule has 1 aromatic heterocycles. The van der Waals surface area contributed by atoms with Crippen molar-refractivity contribution in [1.29, 1.82) is 0 Å². The Morgan fingerprint density at radius 1 is 0.828 bits per heavy atom. The number of benzene rings is 2. The van der Waals surface area contributed by atoms with Gasteiger partial charge in [-0.2, -0.15) is 0 Å². The molecule has 148 valence electrons. The van der Waals surface area contributed by atoms with Gasteiger partial charge in [0, 0.05) is 39.3 Å². The van der Waals surface area contributed by atoms with Crippen LogP contribution in [-0.4, -0.2) is 42.0 Å². The van der Waals surface area contributed by atoms with E-state index in [9.17, 15) is 4.79 Å². The molecule has 1 fully saturated rings. The average molecular weight is 386 g/mol. The summed E-state index contributed by atoms with van der Waals surface area (Å²) in [6, 6.07) is 24.3. The van der Waals surface area contributed by atoms with E-state index in [0.717, 1.165) is 44.0 Å². The Balaban J connectivity index is 1.27. The Morgan fingerprint density at radius 2 is 1.48 bits per heavy atom. The lowest BCUT2D eigenvalue weighted by Gasteiger charge is -2.36. The molecule has 1 aliphatic heterocycles. The minimum Gasteiger partial charge on any atom is -0.368 e. The van der Waals surface area contributed by atoms with Gasteiger partial charge in [0.25, 0.3) is 5.91 Å². The Kier molecular flexibility index (Phi) is 6.17. The van der Waals surface area contributed by atoms with E-state index in [0.29, 0.717) is 12.2 Å². The van der Waals surface area contributed by atoms with Crippen LogP contribution in [0.15, 0.2) is 79.0 Å². The highest BCUT2D eigenvalue weighted by molar-refractivity contribution is 5.92. The molecule has 0 saturated carbocycles. The van der Waals surface area contributed by atoms with Crippen molar-refractivity contribution < 1.29 is 4.79 Å². The van der Waals surface area contributed by atoms with Crippen molar-refractivity contribution in [2.75, 3.05) is 31.1 Å². The van der Waals surface area contributed by atoms with Gasteiger partial charge in [-0.05, 0) is 23.3 Å². The molecule has 5 nitrogen and oxygen atoms in total. The van der Waals surface area contributed by atoms with Crippen molar-refractivity contribution in [3.05, 3.63) is 95.8 Å². The van der Waals surface area contributed by atoms with E-state index < -0.39 is 0 Å². The summed E-state index contributed by atoms with van der Waals surface area (Å²) in [4.78, 5) is 21.5. The summed E-state index contributed by atoms with van der Waals surface area (Å²) in [5.41, 5.74) is 3.95. The minimum absolute atomic E-state index is 0.145. The number of carbonyl (C=O) groups excluding carboxylic acids is 1. The highest BCUT2D eigenvalue weighted by Crippen LogP contribution is 2.17. The molecule has 1 aliphatic rings. The van der Waals surface area contributed by atoms with Crippen LogP contribution in [0.25, 0.3) is 0 Å². The van der Waals surface area contributed by atoms with Gasteiger partial charge in [-0.25, -0.2) is 4.98 Å². The van der Waals surface area contributed by atoms with Gasteiger partial charge in [0.05, 0.1) is 11.9 Å². The van der Waals surface area contributed by atoms with Gasteiger partial charge in [-0.15, -0.1) is 0 Å². The molecule has 4 rings (SSSR count). The van der Waals surface area contributed by atoms with Crippen molar-refractivity contribution >= 4 is 11.6 Å². The molecule has 1 N–H and O–H groups in total. The number of amides is 1. The Bertz CT molecular complexity index is 905. The molecule has 0 atom stereocenters. The molecular formula is C24H26N4O. The van der Waals surface area contributed by atoms with Gasteiger partial charge in [0.1, 0.15) is 5.69 Å². The third-order valence-corrected chi connectivity index (χ3v) is 5.26. The van der Waals surface area contributed by atoms with E-state index in [1.807, 2.05) is 48.7 Å². The topological polar surface area (TPSA) is 48.5 Å². The lowest BCUT2D eigenvalue weighted by Crippen LogP contribution is -2.46. The third-order valence-electron chi connectivity index (χ3n) is 5.26. The van der Waals surface area contributed by atoms with Gasteiger partial charge in [0.2, 0.25) is 0 Å². The number of anilines is 1. The van der Waals surface area contributed by atoms with Crippen LogP contribution in [0.2, 0.25) is 0 Å². The lowest BCUT2D eigenvalue weighted by molar-refractivity contribution is 0.0946. The first kappa shape index (κ1) is 19.2. The van der Waals surface area contributed by atoms with Crippen molar-refractivity contribution in [3.8, 4) is 0 Å². The van der Waals surface area contributed by atoms with Crippen LogP contribution in [0, 0.1) is 0 Å². The van der Waals surface area contributed by atoms with Gasteiger partial charge in [-0.3, -0.25) is 9.69 Å². The first-order chi connectivity index (χ1) is 14.3. The molecule has 1 amide bonds. The highest BCUT2D eigenvalue weighted by atomic mass is 16.1. The summed E-state index contributed by atoms with van der Waals surface area (Å²) in [5.74, 6) is -0.145. The SMILES string of the molecule is O=C(NCc1ccccc1)c1ccc(N2CCN(Cc3ccccc3)CC2)cn1. The molecule has 1 saturated heterocycles. The van der Waals surface area contributed by atoms with Crippen molar-refractivity contribution in [2.24, 2.45) is 0 Å². The molecule has 0 unspecified atom stereocenters. The van der Waals surface area contributed by atoms with Gasteiger partial charge in [0.15, 0.2) is 0 Å². The van der Waals surface area contributed by atoms with Crippen LogP contribution in [0.4, 0.5) is 5.69 Å². The quantitative estimate of drug-likeness (QED) is 0.706. The smallest absolute Gasteiger partial charge is 0.270 e. The van der Waals surface area contributed by atoms with E-state index in [2.05, 4.69) is 50.4 Å². The largest absolute Gasteiger partial charge is 0.368 e. The minimum atomic E-state index is -0.145. The Labute approximate surface area is 172 Å². The first-order valence-electron chi connectivity index (χ1n) is 10.1. The maximum atomic E-state index is 12.3. The fourth-order valence-electron chi connectivity index (χ4n) is 3.58.